The van der Waals surface area contributed by atoms with Crippen LogP contribution in [0.3, 0.4) is 0 Å². The van der Waals surface area contributed by atoms with Crippen LogP contribution in [-0.4, -0.2) is 33.2 Å². The molecule has 1 fully saturated rings. The molecule has 1 amide bonds. The molecule has 7 nitrogen and oxygen atoms in total. The van der Waals surface area contributed by atoms with E-state index in [1.807, 2.05) is 24.3 Å². The fourth-order valence-electron chi connectivity index (χ4n) is 3.77. The summed E-state index contributed by atoms with van der Waals surface area (Å²) in [5, 5.41) is 15.7. The largest absolute Gasteiger partial charge is 0.478 e. The second-order valence-electron chi connectivity index (χ2n) is 7.83. The van der Waals surface area contributed by atoms with Crippen molar-refractivity contribution in [1.29, 1.82) is 0 Å². The fraction of sp³-hybridized carbons (Fsp3) is 0.167. The molecular weight excluding hydrogens is 394 g/mol. The summed E-state index contributed by atoms with van der Waals surface area (Å²) in [7, 11) is 0. The van der Waals surface area contributed by atoms with Gasteiger partial charge < -0.3 is 5.11 Å². The topological polar surface area (TPSA) is 92.0 Å². The van der Waals surface area contributed by atoms with E-state index >= 15 is 0 Å². The van der Waals surface area contributed by atoms with Crippen LogP contribution in [0.5, 0.6) is 0 Å². The minimum Gasteiger partial charge on any atom is -0.478 e. The highest BCUT2D eigenvalue weighted by atomic mass is 16.4. The number of carboxylic acids is 1. The molecule has 1 aromatic heterocycles. The first-order valence-electron chi connectivity index (χ1n) is 10.0. The van der Waals surface area contributed by atoms with Crippen LogP contribution in [0.1, 0.15) is 40.5 Å². The number of anilines is 1. The van der Waals surface area contributed by atoms with Crippen molar-refractivity contribution in [2.24, 2.45) is 11.0 Å². The van der Waals surface area contributed by atoms with Crippen LogP contribution in [0, 0.1) is 5.92 Å². The lowest BCUT2D eigenvalue weighted by Crippen LogP contribution is -2.21. The third kappa shape index (κ3) is 3.34. The summed E-state index contributed by atoms with van der Waals surface area (Å²) in [4.78, 5) is 36.6. The van der Waals surface area contributed by atoms with Crippen molar-refractivity contribution in [3.8, 4) is 0 Å². The number of carbonyl (C=O) groups excluding carboxylic acids is 2. The van der Waals surface area contributed by atoms with Crippen molar-refractivity contribution in [2.45, 2.75) is 19.8 Å². The van der Waals surface area contributed by atoms with Crippen LogP contribution < -0.4 is 5.01 Å². The van der Waals surface area contributed by atoms with Crippen LogP contribution >= 0.6 is 0 Å². The number of aromatic carboxylic acids is 1. The fourth-order valence-corrected chi connectivity index (χ4v) is 3.77. The standard InChI is InChI=1S/C24H19N3O4/c1-14-20(23(29)27(25-14)19-4-2-3-18(13-19)24(30)31)12-15-5-8-21-17(11-15)9-10-26(21)22(28)16-6-7-16/h2-5,8-13,16H,6-7H2,1H3,(H,30,31)/b20-12-. The molecule has 2 aliphatic rings. The first-order chi connectivity index (χ1) is 14.9. The van der Waals surface area contributed by atoms with Gasteiger partial charge in [0.2, 0.25) is 5.91 Å². The van der Waals surface area contributed by atoms with E-state index in [1.54, 1.807) is 35.9 Å². The number of hydrazone groups is 1. The summed E-state index contributed by atoms with van der Waals surface area (Å²) in [5.41, 5.74) is 3.16. The summed E-state index contributed by atoms with van der Waals surface area (Å²) in [6.07, 6.45) is 5.47. The van der Waals surface area contributed by atoms with Gasteiger partial charge in [-0.25, -0.2) is 4.79 Å². The van der Waals surface area contributed by atoms with Crippen molar-refractivity contribution < 1.29 is 19.5 Å². The lowest BCUT2D eigenvalue weighted by Gasteiger charge is -2.12. The maximum absolute atomic E-state index is 13.0. The summed E-state index contributed by atoms with van der Waals surface area (Å²) >= 11 is 0. The third-order valence-corrected chi connectivity index (χ3v) is 5.59. The SMILES string of the molecule is CC1=NN(c2cccc(C(=O)O)c2)C(=O)/C1=C\c1ccc2c(ccn2C(=O)C2CC2)c1. The van der Waals surface area contributed by atoms with Crippen LogP contribution in [0.4, 0.5) is 5.69 Å². The van der Waals surface area contributed by atoms with Crippen LogP contribution in [0.2, 0.25) is 0 Å². The molecule has 1 saturated carbocycles. The van der Waals surface area contributed by atoms with Gasteiger partial charge in [0.05, 0.1) is 28.1 Å². The van der Waals surface area contributed by atoms with Crippen molar-refractivity contribution in [2.75, 3.05) is 5.01 Å². The predicted molar refractivity (Wildman–Crippen MR) is 117 cm³/mol. The Bertz CT molecular complexity index is 1330. The molecule has 0 saturated heterocycles. The third-order valence-electron chi connectivity index (χ3n) is 5.59. The van der Waals surface area contributed by atoms with Gasteiger partial charge in [0.25, 0.3) is 5.91 Å². The summed E-state index contributed by atoms with van der Waals surface area (Å²) < 4.78 is 1.70. The predicted octanol–water partition coefficient (Wildman–Crippen LogP) is 4.20. The van der Waals surface area contributed by atoms with Gasteiger partial charge in [-0.2, -0.15) is 10.1 Å². The highest BCUT2D eigenvalue weighted by molar-refractivity contribution is 6.32. The van der Waals surface area contributed by atoms with E-state index in [1.165, 1.54) is 17.1 Å². The number of hydrogen-bond donors (Lipinski definition) is 1. The average molecular weight is 413 g/mol. The van der Waals surface area contributed by atoms with Crippen molar-refractivity contribution in [3.05, 3.63) is 71.4 Å². The molecule has 2 aromatic carbocycles. The van der Waals surface area contributed by atoms with Crippen molar-refractivity contribution in [1.82, 2.24) is 4.57 Å². The molecule has 0 spiro atoms. The Balaban J connectivity index is 1.45. The summed E-state index contributed by atoms with van der Waals surface area (Å²) in [6, 6.07) is 13.7. The molecule has 0 bridgehead atoms. The van der Waals surface area contributed by atoms with Gasteiger partial charge >= 0.3 is 5.97 Å². The Labute approximate surface area is 177 Å². The van der Waals surface area contributed by atoms with Gasteiger partial charge in [-0.3, -0.25) is 14.2 Å². The van der Waals surface area contributed by atoms with E-state index in [4.69, 9.17) is 0 Å². The molecule has 1 aliphatic heterocycles. The highest BCUT2D eigenvalue weighted by Crippen LogP contribution is 2.32. The van der Waals surface area contributed by atoms with Gasteiger partial charge in [0.1, 0.15) is 0 Å². The second-order valence-corrected chi connectivity index (χ2v) is 7.83. The van der Waals surface area contributed by atoms with Gasteiger partial charge in [-0.05, 0) is 67.8 Å². The Morgan fingerprint density at radius 1 is 1.13 bits per heavy atom. The first-order valence-corrected chi connectivity index (χ1v) is 10.0. The van der Waals surface area contributed by atoms with E-state index in [0.717, 1.165) is 29.3 Å². The van der Waals surface area contributed by atoms with E-state index in [0.29, 0.717) is 17.0 Å². The van der Waals surface area contributed by atoms with Crippen LogP contribution in [-0.2, 0) is 4.79 Å². The molecule has 3 aromatic rings. The van der Waals surface area contributed by atoms with E-state index in [2.05, 4.69) is 5.10 Å². The molecular formula is C24H19N3O4. The number of rotatable bonds is 4. The van der Waals surface area contributed by atoms with Gasteiger partial charge in [-0.1, -0.05) is 12.1 Å². The molecule has 31 heavy (non-hydrogen) atoms. The minimum absolute atomic E-state index is 0.0892. The lowest BCUT2D eigenvalue weighted by atomic mass is 10.1. The maximum Gasteiger partial charge on any atom is 0.335 e. The van der Waals surface area contributed by atoms with Gasteiger partial charge in [0.15, 0.2) is 0 Å². The number of fused-ring (bicyclic) bond motifs is 1. The van der Waals surface area contributed by atoms with E-state index in [-0.39, 0.29) is 23.3 Å². The average Bonchev–Trinajstić information content (AvgIpc) is 3.48. The van der Waals surface area contributed by atoms with Crippen molar-refractivity contribution >= 4 is 46.2 Å². The molecule has 5 rings (SSSR count). The Kier molecular flexibility index (Phi) is 4.32. The summed E-state index contributed by atoms with van der Waals surface area (Å²) in [6.45, 7) is 1.74. The lowest BCUT2D eigenvalue weighted by molar-refractivity contribution is -0.114. The van der Waals surface area contributed by atoms with Crippen molar-refractivity contribution in [3.63, 3.8) is 0 Å². The highest BCUT2D eigenvalue weighted by Gasteiger charge is 2.31. The Morgan fingerprint density at radius 2 is 1.94 bits per heavy atom. The minimum atomic E-state index is -1.06. The Hall–Kier alpha value is -4.00. The zero-order chi connectivity index (χ0) is 21.7. The maximum atomic E-state index is 13.0. The first kappa shape index (κ1) is 19.0. The molecule has 7 heteroatoms. The number of amides is 1. The summed E-state index contributed by atoms with van der Waals surface area (Å²) in [5.74, 6) is -1.11. The van der Waals surface area contributed by atoms with E-state index < -0.39 is 5.97 Å². The van der Waals surface area contributed by atoms with Gasteiger partial charge in [0, 0.05) is 17.5 Å². The molecule has 2 heterocycles. The van der Waals surface area contributed by atoms with Crippen LogP contribution in [0.15, 0.2) is 65.4 Å². The van der Waals surface area contributed by atoms with E-state index in [9.17, 15) is 19.5 Å². The van der Waals surface area contributed by atoms with Crippen LogP contribution in [0.25, 0.3) is 17.0 Å². The number of hydrogen-bond acceptors (Lipinski definition) is 4. The zero-order valence-electron chi connectivity index (χ0n) is 16.8. The normalized spacial score (nSPS) is 17.5. The molecule has 0 atom stereocenters. The number of nitrogens with zero attached hydrogens (tertiary/aromatic N) is 3. The zero-order valence-corrected chi connectivity index (χ0v) is 16.8. The molecule has 0 radical (unpaired) electrons. The number of aromatic nitrogens is 1. The Morgan fingerprint density at radius 3 is 2.68 bits per heavy atom. The number of benzene rings is 2. The molecule has 154 valence electrons. The monoisotopic (exact) mass is 413 g/mol. The second kappa shape index (κ2) is 7.05. The number of carboxylic acid groups (broad SMARTS) is 1. The molecule has 1 N–H and O–H groups in total. The van der Waals surface area contributed by atoms with Gasteiger partial charge in [-0.15, -0.1) is 0 Å². The molecule has 1 aliphatic carbocycles. The number of carbonyl (C=O) groups is 3. The smallest absolute Gasteiger partial charge is 0.335 e. The molecule has 0 unspecified atom stereocenters. The quantitative estimate of drug-likeness (QED) is 0.649.